The van der Waals surface area contributed by atoms with Gasteiger partial charge >= 0.3 is 0 Å². The van der Waals surface area contributed by atoms with Crippen molar-refractivity contribution in [2.75, 3.05) is 6.61 Å². The van der Waals surface area contributed by atoms with Crippen LogP contribution in [0.2, 0.25) is 5.02 Å². The van der Waals surface area contributed by atoms with Crippen molar-refractivity contribution >= 4 is 40.0 Å². The zero-order valence-corrected chi connectivity index (χ0v) is 19.8. The molecular formula is C27H27ClN2O4. The first-order valence-corrected chi connectivity index (χ1v) is 12.2. The third-order valence-corrected chi connectivity index (χ3v) is 7.20. The molecule has 5 rings (SSSR count). The molecule has 2 aliphatic rings. The maximum Gasteiger partial charge on any atom is 0.295 e. The number of amides is 1. The highest BCUT2D eigenvalue weighted by Gasteiger charge is 2.49. The largest absolute Gasteiger partial charge is 0.507 e. The van der Waals surface area contributed by atoms with E-state index in [9.17, 15) is 14.7 Å². The summed E-state index contributed by atoms with van der Waals surface area (Å²) in [5.41, 5.74) is 2.04. The number of para-hydroxylation sites is 1. The quantitative estimate of drug-likeness (QED) is 0.268. The lowest BCUT2D eigenvalue weighted by atomic mass is 9.90. The Kier molecular flexibility index (Phi) is 6.09. The number of Topliss-reactive ketones (excluding diaryl/α,β-unsaturated/α-hetero) is 1. The molecule has 2 N–H and O–H groups in total. The normalized spacial score (nSPS) is 20.9. The van der Waals surface area contributed by atoms with Gasteiger partial charge in [0.05, 0.1) is 23.2 Å². The van der Waals surface area contributed by atoms with Crippen molar-refractivity contribution in [1.82, 2.24) is 9.88 Å². The first-order chi connectivity index (χ1) is 16.5. The van der Waals surface area contributed by atoms with E-state index in [1.807, 2.05) is 37.4 Å². The molecule has 2 heterocycles. The second kappa shape index (κ2) is 9.18. The number of hydrogen-bond donors (Lipinski definition) is 2. The van der Waals surface area contributed by atoms with Gasteiger partial charge in [-0.3, -0.25) is 9.59 Å². The number of nitrogens with one attached hydrogen (secondary N) is 1. The molecule has 1 aliphatic heterocycles. The van der Waals surface area contributed by atoms with Gasteiger partial charge in [-0.1, -0.05) is 49.1 Å². The summed E-state index contributed by atoms with van der Waals surface area (Å²) in [6.07, 6.45) is 6.66. The summed E-state index contributed by atoms with van der Waals surface area (Å²) in [4.78, 5) is 31.8. The number of rotatable bonds is 5. The molecule has 1 aromatic heterocycles. The molecule has 0 spiro atoms. The van der Waals surface area contributed by atoms with Crippen LogP contribution in [0.3, 0.4) is 0 Å². The number of hydrogen-bond acceptors (Lipinski definition) is 4. The van der Waals surface area contributed by atoms with Crippen LogP contribution in [0.15, 0.2) is 54.2 Å². The van der Waals surface area contributed by atoms with E-state index in [1.165, 1.54) is 0 Å². The Morgan fingerprint density at radius 3 is 2.68 bits per heavy atom. The van der Waals surface area contributed by atoms with Crippen LogP contribution in [0.4, 0.5) is 0 Å². The molecule has 1 atom stereocenters. The number of H-pyrrole nitrogens is 1. The highest BCUT2D eigenvalue weighted by atomic mass is 35.5. The smallest absolute Gasteiger partial charge is 0.295 e. The van der Waals surface area contributed by atoms with Gasteiger partial charge in [-0.15, -0.1) is 0 Å². The fraction of sp³-hybridized carbons (Fsp3) is 0.333. The number of halogens is 1. The van der Waals surface area contributed by atoms with E-state index in [0.717, 1.165) is 48.6 Å². The van der Waals surface area contributed by atoms with E-state index in [1.54, 1.807) is 23.1 Å². The van der Waals surface area contributed by atoms with E-state index >= 15 is 0 Å². The minimum absolute atomic E-state index is 0.0561. The van der Waals surface area contributed by atoms with E-state index < -0.39 is 17.7 Å². The molecule has 2 aromatic carbocycles. The Labute approximate surface area is 203 Å². The molecule has 176 valence electrons. The van der Waals surface area contributed by atoms with E-state index in [4.69, 9.17) is 16.3 Å². The SMILES string of the molecule is CCOc1ccc(Cl)c(/C(O)=C2\C(=O)C(=O)N(C3CCCCC3)C2c2c[nH]c3ccccc23)c1. The summed E-state index contributed by atoms with van der Waals surface area (Å²) in [6.45, 7) is 2.31. The Hall–Kier alpha value is -3.25. The summed E-state index contributed by atoms with van der Waals surface area (Å²) in [5.74, 6) is -1.01. The van der Waals surface area contributed by atoms with Gasteiger partial charge in [0, 0.05) is 34.3 Å². The number of fused-ring (bicyclic) bond motifs is 1. The fourth-order valence-corrected chi connectivity index (χ4v) is 5.51. The predicted molar refractivity (Wildman–Crippen MR) is 132 cm³/mol. The lowest BCUT2D eigenvalue weighted by Gasteiger charge is -2.35. The van der Waals surface area contributed by atoms with Crippen LogP contribution in [0.1, 0.15) is 56.2 Å². The van der Waals surface area contributed by atoms with Crippen molar-refractivity contribution in [3.63, 3.8) is 0 Å². The maximum atomic E-state index is 13.4. The van der Waals surface area contributed by atoms with Crippen molar-refractivity contribution < 1.29 is 19.4 Å². The fourth-order valence-electron chi connectivity index (χ4n) is 5.30. The minimum atomic E-state index is -0.703. The lowest BCUT2D eigenvalue weighted by molar-refractivity contribution is -0.141. The molecule has 1 aliphatic carbocycles. The van der Waals surface area contributed by atoms with Gasteiger partial charge in [0.15, 0.2) is 0 Å². The van der Waals surface area contributed by atoms with Crippen LogP contribution in [0.5, 0.6) is 5.75 Å². The number of aromatic amines is 1. The second-order valence-electron chi connectivity index (χ2n) is 8.86. The number of carbonyl (C=O) groups is 2. The lowest BCUT2D eigenvalue weighted by Crippen LogP contribution is -2.40. The van der Waals surface area contributed by atoms with E-state index in [0.29, 0.717) is 12.4 Å². The molecule has 2 fully saturated rings. The van der Waals surface area contributed by atoms with Crippen molar-refractivity contribution in [2.45, 2.75) is 51.1 Å². The summed E-state index contributed by atoms with van der Waals surface area (Å²) in [7, 11) is 0. The number of aromatic nitrogens is 1. The number of aliphatic hydroxyl groups excluding tert-OH is 1. The number of ether oxygens (including phenoxy) is 1. The second-order valence-corrected chi connectivity index (χ2v) is 9.27. The summed E-state index contributed by atoms with van der Waals surface area (Å²) in [6, 6.07) is 12.0. The van der Waals surface area contributed by atoms with Gasteiger partial charge in [-0.25, -0.2) is 0 Å². The molecule has 7 heteroatoms. The molecular weight excluding hydrogens is 452 g/mol. The van der Waals surface area contributed by atoms with E-state index in [-0.39, 0.29) is 28.0 Å². The number of aliphatic hydroxyl groups is 1. The van der Waals surface area contributed by atoms with Gasteiger partial charge in [0.2, 0.25) is 0 Å². The molecule has 1 saturated heterocycles. The zero-order valence-electron chi connectivity index (χ0n) is 19.0. The monoisotopic (exact) mass is 478 g/mol. The first kappa shape index (κ1) is 22.5. The van der Waals surface area contributed by atoms with Crippen molar-refractivity contribution in [1.29, 1.82) is 0 Å². The number of ketones is 1. The number of carbonyl (C=O) groups excluding carboxylic acids is 2. The molecule has 1 saturated carbocycles. The summed E-state index contributed by atoms with van der Waals surface area (Å²) in [5, 5.41) is 12.7. The molecule has 6 nitrogen and oxygen atoms in total. The minimum Gasteiger partial charge on any atom is -0.507 e. The van der Waals surface area contributed by atoms with Gasteiger partial charge in [0.1, 0.15) is 11.5 Å². The van der Waals surface area contributed by atoms with Crippen LogP contribution in [0.25, 0.3) is 16.7 Å². The van der Waals surface area contributed by atoms with Gasteiger partial charge in [-0.05, 0) is 44.0 Å². The number of benzene rings is 2. The highest BCUT2D eigenvalue weighted by Crippen LogP contribution is 2.45. The Bertz CT molecular complexity index is 1290. The maximum absolute atomic E-state index is 13.4. The third kappa shape index (κ3) is 3.76. The van der Waals surface area contributed by atoms with Gasteiger partial charge in [0.25, 0.3) is 11.7 Å². The Morgan fingerprint density at radius 2 is 1.91 bits per heavy atom. The molecule has 34 heavy (non-hydrogen) atoms. The Balaban J connectivity index is 1.72. The summed E-state index contributed by atoms with van der Waals surface area (Å²) >= 11 is 6.44. The highest BCUT2D eigenvalue weighted by molar-refractivity contribution is 6.47. The number of nitrogens with zero attached hydrogens (tertiary/aromatic N) is 1. The molecule has 0 radical (unpaired) electrons. The standard InChI is InChI=1S/C27H27ClN2O4/c1-2-34-17-12-13-21(28)19(14-17)25(31)23-24(20-15-29-22-11-7-6-10-18(20)22)30(27(33)26(23)32)16-8-4-3-5-9-16/h6-7,10-16,24,29,31H,2-5,8-9H2,1H3/b25-23+. The number of likely N-dealkylation sites (tertiary alicyclic amines) is 1. The predicted octanol–water partition coefficient (Wildman–Crippen LogP) is 5.97. The molecule has 1 amide bonds. The molecule has 0 bridgehead atoms. The molecule has 3 aromatic rings. The van der Waals surface area contributed by atoms with Crippen LogP contribution < -0.4 is 4.74 Å². The third-order valence-electron chi connectivity index (χ3n) is 6.87. The zero-order chi connectivity index (χ0) is 23.8. The van der Waals surface area contributed by atoms with Crippen molar-refractivity contribution in [2.24, 2.45) is 0 Å². The van der Waals surface area contributed by atoms with Crippen LogP contribution in [-0.4, -0.2) is 39.3 Å². The Morgan fingerprint density at radius 1 is 1.15 bits per heavy atom. The van der Waals surface area contributed by atoms with Gasteiger partial charge in [-0.2, -0.15) is 0 Å². The van der Waals surface area contributed by atoms with Crippen molar-refractivity contribution in [3.8, 4) is 5.75 Å². The van der Waals surface area contributed by atoms with Crippen LogP contribution >= 0.6 is 11.6 Å². The van der Waals surface area contributed by atoms with Crippen LogP contribution in [-0.2, 0) is 9.59 Å². The topological polar surface area (TPSA) is 82.6 Å². The van der Waals surface area contributed by atoms with Crippen LogP contribution in [0, 0.1) is 0 Å². The van der Waals surface area contributed by atoms with Gasteiger partial charge < -0.3 is 19.7 Å². The average molecular weight is 479 g/mol. The van der Waals surface area contributed by atoms with Crippen molar-refractivity contribution in [3.05, 3.63) is 70.4 Å². The first-order valence-electron chi connectivity index (χ1n) is 11.8. The summed E-state index contributed by atoms with van der Waals surface area (Å²) < 4.78 is 5.58. The average Bonchev–Trinajstić information content (AvgIpc) is 3.39. The molecule has 1 unspecified atom stereocenters. The van der Waals surface area contributed by atoms with E-state index in [2.05, 4.69) is 4.98 Å².